The van der Waals surface area contributed by atoms with Gasteiger partial charge in [-0.2, -0.15) is 0 Å². The van der Waals surface area contributed by atoms with E-state index in [4.69, 9.17) is 0 Å². The summed E-state index contributed by atoms with van der Waals surface area (Å²) in [5, 5.41) is 2.98. The Hall–Kier alpha value is -1.10. The molecule has 0 bridgehead atoms. The average molecular weight is 215 g/mol. The lowest BCUT2D eigenvalue weighted by Gasteiger charge is -2.04. The summed E-state index contributed by atoms with van der Waals surface area (Å²) in [6.45, 7) is 0.738. The first kappa shape index (κ1) is 9.45. The van der Waals surface area contributed by atoms with Crippen LogP contribution >= 0.6 is 0 Å². The molecule has 1 aromatic rings. The van der Waals surface area contributed by atoms with E-state index >= 15 is 0 Å². The van der Waals surface area contributed by atoms with Crippen molar-refractivity contribution in [2.24, 2.45) is 0 Å². The van der Waals surface area contributed by atoms with Gasteiger partial charge in [0.05, 0.1) is 0 Å². The minimum Gasteiger partial charge on any atom is -0.384 e. The first-order chi connectivity index (χ1) is 6.48. The van der Waals surface area contributed by atoms with Gasteiger partial charge in [0.15, 0.2) is 9.84 Å². The van der Waals surface area contributed by atoms with Crippen molar-refractivity contribution in [1.82, 2.24) is 0 Å². The molecular formula is C9H10FNO2S. The van der Waals surface area contributed by atoms with Crippen molar-refractivity contribution in [2.75, 3.05) is 18.1 Å². The predicted octanol–water partition coefficient (Wildman–Crippen LogP) is 1.20. The van der Waals surface area contributed by atoms with E-state index in [9.17, 15) is 12.8 Å². The van der Waals surface area contributed by atoms with E-state index in [0.29, 0.717) is 5.69 Å². The van der Waals surface area contributed by atoms with Crippen LogP contribution in [0.2, 0.25) is 0 Å². The Bertz CT molecular complexity index is 482. The average Bonchev–Trinajstić information content (AvgIpc) is 2.47. The van der Waals surface area contributed by atoms with Crippen LogP contribution in [-0.2, 0) is 16.3 Å². The molecule has 1 aromatic carbocycles. The van der Waals surface area contributed by atoms with Crippen LogP contribution in [0.25, 0.3) is 0 Å². The molecule has 1 aliphatic heterocycles. The smallest absolute Gasteiger partial charge is 0.178 e. The fraction of sp³-hybridized carbons (Fsp3) is 0.333. The summed E-state index contributed by atoms with van der Waals surface area (Å²) in [5.41, 5.74) is 1.57. The van der Waals surface area contributed by atoms with Crippen LogP contribution in [0.4, 0.5) is 10.1 Å². The summed E-state index contributed by atoms with van der Waals surface area (Å²) >= 11 is 0. The Balaban J connectivity index is 2.65. The van der Waals surface area contributed by atoms with Gasteiger partial charge in [0.1, 0.15) is 10.7 Å². The summed E-state index contributed by atoms with van der Waals surface area (Å²) in [7, 11) is -3.46. The predicted molar refractivity (Wildman–Crippen MR) is 51.7 cm³/mol. The first-order valence-corrected chi connectivity index (χ1v) is 6.14. The molecule has 0 fully saturated rings. The number of sulfone groups is 1. The summed E-state index contributed by atoms with van der Waals surface area (Å²) in [6.07, 6.45) is 1.76. The molecule has 0 atom stereocenters. The van der Waals surface area contributed by atoms with Crippen molar-refractivity contribution in [3.63, 3.8) is 0 Å². The van der Waals surface area contributed by atoms with Gasteiger partial charge in [-0.1, -0.05) is 0 Å². The second kappa shape index (κ2) is 2.95. The van der Waals surface area contributed by atoms with Crippen molar-refractivity contribution >= 4 is 15.5 Å². The molecular weight excluding hydrogens is 205 g/mol. The number of rotatable bonds is 1. The topological polar surface area (TPSA) is 46.2 Å². The third-order valence-electron chi connectivity index (χ3n) is 2.27. The van der Waals surface area contributed by atoms with Gasteiger partial charge in [-0.05, 0) is 24.1 Å². The Labute approximate surface area is 81.9 Å². The van der Waals surface area contributed by atoms with Gasteiger partial charge in [0.2, 0.25) is 0 Å². The van der Waals surface area contributed by atoms with E-state index in [1.807, 2.05) is 0 Å². The lowest BCUT2D eigenvalue weighted by Crippen LogP contribution is -2.01. The number of benzene rings is 1. The number of hydrogen-bond acceptors (Lipinski definition) is 3. The van der Waals surface area contributed by atoms with Crippen molar-refractivity contribution in [3.8, 4) is 0 Å². The molecule has 3 nitrogen and oxygen atoms in total. The van der Waals surface area contributed by atoms with Crippen molar-refractivity contribution < 1.29 is 12.8 Å². The maximum absolute atomic E-state index is 13.3. The van der Waals surface area contributed by atoms with Crippen LogP contribution in [0.3, 0.4) is 0 Å². The third kappa shape index (κ3) is 1.48. The van der Waals surface area contributed by atoms with Crippen molar-refractivity contribution in [3.05, 3.63) is 23.5 Å². The Kier molecular flexibility index (Phi) is 1.99. The number of anilines is 1. The molecule has 14 heavy (non-hydrogen) atoms. The number of fused-ring (bicyclic) bond motifs is 1. The second-order valence-corrected chi connectivity index (χ2v) is 5.37. The van der Waals surface area contributed by atoms with E-state index in [1.54, 1.807) is 0 Å². The third-order valence-corrected chi connectivity index (χ3v) is 3.38. The van der Waals surface area contributed by atoms with Crippen molar-refractivity contribution in [1.29, 1.82) is 0 Å². The molecule has 0 aromatic heterocycles. The van der Waals surface area contributed by atoms with Gasteiger partial charge in [-0.15, -0.1) is 0 Å². The number of halogens is 1. The van der Waals surface area contributed by atoms with Gasteiger partial charge >= 0.3 is 0 Å². The molecule has 0 radical (unpaired) electrons. The summed E-state index contributed by atoms with van der Waals surface area (Å²) in [4.78, 5) is -0.208. The van der Waals surface area contributed by atoms with Gasteiger partial charge in [0, 0.05) is 18.5 Å². The number of hydrogen-bond donors (Lipinski definition) is 1. The highest BCUT2D eigenvalue weighted by atomic mass is 32.2. The van der Waals surface area contributed by atoms with Gasteiger partial charge in [0.25, 0.3) is 0 Å². The van der Waals surface area contributed by atoms with E-state index in [0.717, 1.165) is 24.8 Å². The van der Waals surface area contributed by atoms with E-state index in [2.05, 4.69) is 5.32 Å². The molecule has 1 aliphatic rings. The maximum Gasteiger partial charge on any atom is 0.178 e. The van der Waals surface area contributed by atoms with Crippen LogP contribution < -0.4 is 5.32 Å². The van der Waals surface area contributed by atoms with Crippen LogP contribution in [0.5, 0.6) is 0 Å². The maximum atomic E-state index is 13.3. The Morgan fingerprint density at radius 1 is 1.43 bits per heavy atom. The summed E-state index contributed by atoms with van der Waals surface area (Å²) in [5.74, 6) is -0.680. The second-order valence-electron chi connectivity index (χ2n) is 3.39. The monoisotopic (exact) mass is 215 g/mol. The molecule has 0 saturated heterocycles. The van der Waals surface area contributed by atoms with Crippen molar-refractivity contribution in [2.45, 2.75) is 11.3 Å². The Morgan fingerprint density at radius 2 is 2.14 bits per heavy atom. The highest BCUT2D eigenvalue weighted by Gasteiger charge is 2.19. The zero-order chi connectivity index (χ0) is 10.3. The molecule has 5 heteroatoms. The van der Waals surface area contributed by atoms with Crippen LogP contribution in [0.15, 0.2) is 17.0 Å². The van der Waals surface area contributed by atoms with Crippen LogP contribution in [-0.4, -0.2) is 21.2 Å². The minimum absolute atomic E-state index is 0.208. The molecule has 0 amide bonds. The molecule has 76 valence electrons. The zero-order valence-corrected chi connectivity index (χ0v) is 8.49. The normalized spacial score (nSPS) is 15.0. The van der Waals surface area contributed by atoms with E-state index < -0.39 is 15.7 Å². The lowest BCUT2D eigenvalue weighted by molar-refractivity contribution is 0.571. The largest absolute Gasteiger partial charge is 0.384 e. The standard InChI is InChI=1S/C9H10FNO2S/c1-14(12,13)9-4-6-2-3-11-8(6)5-7(9)10/h4-5,11H,2-3H2,1H3. The van der Waals surface area contributed by atoms with Gasteiger partial charge in [-0.3, -0.25) is 0 Å². The lowest BCUT2D eigenvalue weighted by atomic mass is 10.2. The van der Waals surface area contributed by atoms with E-state index in [-0.39, 0.29) is 4.90 Å². The van der Waals surface area contributed by atoms with Gasteiger partial charge < -0.3 is 5.32 Å². The molecule has 0 spiro atoms. The van der Waals surface area contributed by atoms with Crippen LogP contribution in [0.1, 0.15) is 5.56 Å². The number of nitrogens with one attached hydrogen (secondary N) is 1. The highest BCUT2D eigenvalue weighted by Crippen LogP contribution is 2.27. The zero-order valence-electron chi connectivity index (χ0n) is 7.67. The SMILES string of the molecule is CS(=O)(=O)c1cc2c(cc1F)NCC2. The van der Waals surface area contributed by atoms with Gasteiger partial charge in [-0.25, -0.2) is 12.8 Å². The fourth-order valence-corrected chi connectivity index (χ4v) is 2.35. The molecule has 2 rings (SSSR count). The summed E-state index contributed by atoms with van der Waals surface area (Å²) in [6, 6.07) is 2.67. The molecule has 1 N–H and O–H groups in total. The van der Waals surface area contributed by atoms with Crippen LogP contribution in [0, 0.1) is 5.82 Å². The van der Waals surface area contributed by atoms with E-state index in [1.165, 1.54) is 12.1 Å². The summed E-state index contributed by atoms with van der Waals surface area (Å²) < 4.78 is 35.7. The first-order valence-electron chi connectivity index (χ1n) is 4.25. The highest BCUT2D eigenvalue weighted by molar-refractivity contribution is 7.90. The minimum atomic E-state index is -3.46. The quantitative estimate of drug-likeness (QED) is 0.765. The fourth-order valence-electron chi connectivity index (χ4n) is 1.58. The molecule has 1 heterocycles. The molecule has 0 saturated carbocycles. The molecule has 0 unspecified atom stereocenters. The molecule has 0 aliphatic carbocycles. The Morgan fingerprint density at radius 3 is 2.79 bits per heavy atom.